The molecule has 2 aliphatic heterocycles. The van der Waals surface area contributed by atoms with Crippen molar-refractivity contribution in [3.8, 4) is 0 Å². The van der Waals surface area contributed by atoms with E-state index in [1.54, 1.807) is 0 Å². The number of carbonyl (C=O) groups is 1. The van der Waals surface area contributed by atoms with E-state index in [-0.39, 0.29) is 11.9 Å². The number of nitrogens with zero attached hydrogens (tertiary/aromatic N) is 2. The van der Waals surface area contributed by atoms with Gasteiger partial charge in [0, 0.05) is 37.7 Å². The Kier molecular flexibility index (Phi) is 8.36. The second-order valence-electron chi connectivity index (χ2n) is 9.31. The van der Waals surface area contributed by atoms with Crippen molar-refractivity contribution in [2.24, 2.45) is 11.8 Å². The fourth-order valence-electron chi connectivity index (χ4n) is 4.69. The third kappa shape index (κ3) is 6.95. The summed E-state index contributed by atoms with van der Waals surface area (Å²) in [5.41, 5.74) is 7.86. The molecule has 3 rings (SSSR count). The minimum absolute atomic E-state index is 0.0895. The normalized spacial score (nSPS) is 25.5. The van der Waals surface area contributed by atoms with E-state index in [1.165, 1.54) is 18.4 Å². The second kappa shape index (κ2) is 10.8. The number of rotatable bonds is 8. The van der Waals surface area contributed by atoms with Gasteiger partial charge in [-0.2, -0.15) is 0 Å². The van der Waals surface area contributed by atoms with Crippen LogP contribution in [0, 0.1) is 11.8 Å². The number of carbonyl (C=O) groups excluding carboxylic acids is 1. The van der Waals surface area contributed by atoms with Crippen LogP contribution in [0.1, 0.15) is 45.1 Å². The van der Waals surface area contributed by atoms with Crippen LogP contribution >= 0.6 is 11.6 Å². The maximum absolute atomic E-state index is 12.9. The molecule has 162 valence electrons. The molecule has 0 aliphatic carbocycles. The van der Waals surface area contributed by atoms with Crippen LogP contribution in [0.5, 0.6) is 0 Å². The van der Waals surface area contributed by atoms with Crippen LogP contribution in [0.4, 0.5) is 0 Å². The molecule has 0 radical (unpaired) electrons. The van der Waals surface area contributed by atoms with E-state index in [0.717, 1.165) is 50.5 Å². The average Bonchev–Trinajstić information content (AvgIpc) is 3.15. The molecule has 29 heavy (non-hydrogen) atoms. The maximum atomic E-state index is 12.9. The Morgan fingerprint density at radius 3 is 2.76 bits per heavy atom. The maximum Gasteiger partial charge on any atom is 0.240 e. The van der Waals surface area contributed by atoms with E-state index < -0.39 is 0 Å². The fraction of sp³-hybridized carbons (Fsp3) is 0.696. The molecule has 2 aliphatic rings. The zero-order valence-corrected chi connectivity index (χ0v) is 18.9. The number of hydrogen-bond acceptors (Lipinski definition) is 4. The van der Waals surface area contributed by atoms with Crippen LogP contribution < -0.4 is 10.9 Å². The highest BCUT2D eigenvalue weighted by molar-refractivity contribution is 6.30. The zero-order chi connectivity index (χ0) is 20.8. The van der Waals surface area contributed by atoms with Gasteiger partial charge in [-0.15, -0.1) is 0 Å². The Hall–Kier alpha value is -1.14. The van der Waals surface area contributed by atoms with Gasteiger partial charge in [-0.3, -0.25) is 10.2 Å². The summed E-state index contributed by atoms with van der Waals surface area (Å²) in [5.74, 6) is 1.42. The predicted molar refractivity (Wildman–Crippen MR) is 120 cm³/mol. The van der Waals surface area contributed by atoms with E-state index in [0.29, 0.717) is 17.9 Å². The first-order valence-corrected chi connectivity index (χ1v) is 11.5. The molecule has 5 nitrogen and oxygen atoms in total. The third-order valence-corrected chi connectivity index (χ3v) is 6.43. The van der Waals surface area contributed by atoms with Crippen molar-refractivity contribution in [3.63, 3.8) is 0 Å². The van der Waals surface area contributed by atoms with Crippen molar-refractivity contribution in [2.45, 2.75) is 58.0 Å². The molecule has 2 saturated heterocycles. The molecular weight excluding hydrogens is 384 g/mol. The molecule has 0 saturated carbocycles. The standard InChI is InChI=1S/C23H37ClN4O/c1-17(2)13-21-14-22(26-25-21)23(29)27(3)15-19-5-4-11-28(16-19)12-10-18-6-8-20(24)9-7-18/h6-9,17,19,21-22,25-26H,4-5,10-16H2,1-3H3. The molecule has 2 N–H and O–H groups in total. The topological polar surface area (TPSA) is 47.6 Å². The summed E-state index contributed by atoms with van der Waals surface area (Å²) in [6.07, 6.45) is 5.47. The van der Waals surface area contributed by atoms with Crippen molar-refractivity contribution >= 4 is 17.5 Å². The van der Waals surface area contributed by atoms with E-state index >= 15 is 0 Å². The van der Waals surface area contributed by atoms with Crippen molar-refractivity contribution in [1.82, 2.24) is 20.7 Å². The Labute approximate surface area is 181 Å². The van der Waals surface area contributed by atoms with Gasteiger partial charge in [-0.25, -0.2) is 5.43 Å². The SMILES string of the molecule is CC(C)CC1CC(C(=O)N(C)CC2CCCN(CCc3ccc(Cl)cc3)C2)NN1. The summed E-state index contributed by atoms with van der Waals surface area (Å²) in [4.78, 5) is 17.4. The lowest BCUT2D eigenvalue weighted by molar-refractivity contribution is -0.132. The lowest BCUT2D eigenvalue weighted by Crippen LogP contribution is -2.47. The largest absolute Gasteiger partial charge is 0.344 e. The number of likely N-dealkylation sites (tertiary alicyclic amines) is 1. The molecule has 6 heteroatoms. The Balaban J connectivity index is 1.42. The number of halogens is 1. The molecular formula is C23H37ClN4O. The summed E-state index contributed by atoms with van der Waals surface area (Å²) in [6, 6.07) is 8.47. The van der Waals surface area contributed by atoms with Gasteiger partial charge >= 0.3 is 0 Å². The number of nitrogens with one attached hydrogen (secondary N) is 2. The average molecular weight is 421 g/mol. The smallest absolute Gasteiger partial charge is 0.240 e. The van der Waals surface area contributed by atoms with Crippen LogP contribution in [-0.4, -0.2) is 61.0 Å². The van der Waals surface area contributed by atoms with Crippen molar-refractivity contribution in [1.29, 1.82) is 0 Å². The van der Waals surface area contributed by atoms with E-state index in [2.05, 4.69) is 41.7 Å². The molecule has 1 aromatic carbocycles. The van der Waals surface area contributed by atoms with Crippen LogP contribution in [0.15, 0.2) is 24.3 Å². The van der Waals surface area contributed by atoms with E-state index in [4.69, 9.17) is 11.6 Å². The van der Waals surface area contributed by atoms with Crippen molar-refractivity contribution < 1.29 is 4.79 Å². The van der Waals surface area contributed by atoms with Crippen LogP contribution in [0.25, 0.3) is 0 Å². The van der Waals surface area contributed by atoms with Gasteiger partial charge in [0.15, 0.2) is 0 Å². The van der Waals surface area contributed by atoms with E-state index in [9.17, 15) is 4.79 Å². The number of piperidine rings is 1. The van der Waals surface area contributed by atoms with Gasteiger partial charge in [0.25, 0.3) is 0 Å². The molecule has 0 bridgehead atoms. The lowest BCUT2D eigenvalue weighted by atomic mass is 9.96. The van der Waals surface area contributed by atoms with Crippen LogP contribution in [0.2, 0.25) is 5.02 Å². The minimum atomic E-state index is -0.0895. The van der Waals surface area contributed by atoms with Gasteiger partial charge in [0.1, 0.15) is 6.04 Å². The number of benzene rings is 1. The van der Waals surface area contributed by atoms with Crippen molar-refractivity contribution in [3.05, 3.63) is 34.9 Å². The van der Waals surface area contributed by atoms with Gasteiger partial charge < -0.3 is 9.80 Å². The van der Waals surface area contributed by atoms with Gasteiger partial charge in [0.2, 0.25) is 5.91 Å². The van der Waals surface area contributed by atoms with Crippen LogP contribution in [-0.2, 0) is 11.2 Å². The first-order chi connectivity index (χ1) is 13.9. The van der Waals surface area contributed by atoms with Crippen molar-refractivity contribution in [2.75, 3.05) is 33.2 Å². The molecule has 3 atom stereocenters. The molecule has 1 aromatic rings. The fourth-order valence-corrected chi connectivity index (χ4v) is 4.82. The predicted octanol–water partition coefficient (Wildman–Crippen LogP) is 3.33. The summed E-state index contributed by atoms with van der Waals surface area (Å²) in [5, 5.41) is 0.793. The number of likely N-dealkylation sites (N-methyl/N-ethyl adjacent to an activating group) is 1. The highest BCUT2D eigenvalue weighted by Crippen LogP contribution is 2.20. The monoisotopic (exact) mass is 420 g/mol. The Bertz CT molecular complexity index is 651. The third-order valence-electron chi connectivity index (χ3n) is 6.18. The quantitative estimate of drug-likeness (QED) is 0.677. The summed E-state index contributed by atoms with van der Waals surface area (Å²) < 4.78 is 0. The molecule has 1 amide bonds. The summed E-state index contributed by atoms with van der Waals surface area (Å²) in [7, 11) is 1.96. The van der Waals surface area contributed by atoms with Gasteiger partial charge in [-0.1, -0.05) is 37.6 Å². The molecule has 0 aromatic heterocycles. The van der Waals surface area contributed by atoms with Crippen LogP contribution in [0.3, 0.4) is 0 Å². The first-order valence-electron chi connectivity index (χ1n) is 11.1. The number of amides is 1. The number of hydrogen-bond donors (Lipinski definition) is 2. The van der Waals surface area contributed by atoms with Gasteiger partial charge in [0.05, 0.1) is 0 Å². The molecule has 2 fully saturated rings. The number of hydrazine groups is 1. The lowest BCUT2D eigenvalue weighted by Gasteiger charge is -2.35. The first kappa shape index (κ1) is 22.5. The highest BCUT2D eigenvalue weighted by atomic mass is 35.5. The van der Waals surface area contributed by atoms with E-state index in [1.807, 2.05) is 24.1 Å². The zero-order valence-electron chi connectivity index (χ0n) is 18.2. The Morgan fingerprint density at radius 1 is 1.28 bits per heavy atom. The van der Waals surface area contributed by atoms with Gasteiger partial charge in [-0.05, 0) is 68.2 Å². The second-order valence-corrected chi connectivity index (χ2v) is 9.74. The minimum Gasteiger partial charge on any atom is -0.344 e. The molecule has 3 unspecified atom stereocenters. The molecule has 0 spiro atoms. The molecule has 2 heterocycles. The summed E-state index contributed by atoms with van der Waals surface area (Å²) >= 11 is 5.98. The summed E-state index contributed by atoms with van der Waals surface area (Å²) in [6.45, 7) is 8.61. The Morgan fingerprint density at radius 2 is 2.03 bits per heavy atom. The highest BCUT2D eigenvalue weighted by Gasteiger charge is 2.32.